The number of benzene rings is 1. The number of aliphatic hydroxyl groups excluding tert-OH is 1. The van der Waals surface area contributed by atoms with Crippen LogP contribution in [0.3, 0.4) is 0 Å². The molecule has 0 radical (unpaired) electrons. The number of amides is 1. The standard InChI is InChI=1S/C30H36Cl2F3N3O4/c1-28(27(41)42)9-7-19(8-10-28)38-25(30(33,34)35)20(15-36-38)26(40)37(16-18-5-11-29(12-6-18)13-14-29)17-23(39)24-21(31)3-2-4-22(24)32/h2-4,15,18-19,23,39H,5-14,16-17H2,1H3,(H,41,42). The molecule has 0 saturated heterocycles. The van der Waals surface area contributed by atoms with Gasteiger partial charge in [0, 0.05) is 22.2 Å². The fourth-order valence-electron chi connectivity index (χ4n) is 6.78. The van der Waals surface area contributed by atoms with Crippen molar-refractivity contribution in [3.63, 3.8) is 0 Å². The van der Waals surface area contributed by atoms with Crippen LogP contribution in [0.15, 0.2) is 24.4 Å². The number of halogens is 5. The van der Waals surface area contributed by atoms with Crippen LogP contribution in [0.4, 0.5) is 13.2 Å². The Balaban J connectivity index is 1.43. The van der Waals surface area contributed by atoms with E-state index in [-0.39, 0.29) is 60.3 Å². The first-order chi connectivity index (χ1) is 19.7. The zero-order valence-corrected chi connectivity index (χ0v) is 25.0. The number of rotatable bonds is 8. The molecule has 5 rings (SSSR count). The van der Waals surface area contributed by atoms with Gasteiger partial charge < -0.3 is 15.1 Å². The third-order valence-corrected chi connectivity index (χ3v) is 10.5. The van der Waals surface area contributed by atoms with Crippen LogP contribution in [0.1, 0.15) is 105 Å². The molecule has 230 valence electrons. The molecule has 2 N–H and O–H groups in total. The van der Waals surface area contributed by atoms with Gasteiger partial charge in [-0.25, -0.2) is 0 Å². The number of aliphatic carboxylic acids is 1. The van der Waals surface area contributed by atoms with Gasteiger partial charge in [-0.15, -0.1) is 0 Å². The summed E-state index contributed by atoms with van der Waals surface area (Å²) in [6.45, 7) is 1.50. The van der Waals surface area contributed by atoms with E-state index in [0.717, 1.165) is 36.6 Å². The molecular formula is C30H36Cl2F3N3O4. The quantitative estimate of drug-likeness (QED) is 0.314. The topological polar surface area (TPSA) is 95.7 Å². The monoisotopic (exact) mass is 629 g/mol. The summed E-state index contributed by atoms with van der Waals surface area (Å²) >= 11 is 12.6. The molecule has 1 amide bonds. The number of aromatic nitrogens is 2. The third-order valence-electron chi connectivity index (χ3n) is 9.83. The molecule has 0 bridgehead atoms. The van der Waals surface area contributed by atoms with Crippen molar-refractivity contribution in [2.24, 2.45) is 16.7 Å². The average molecular weight is 631 g/mol. The number of carboxylic acids is 1. The van der Waals surface area contributed by atoms with Crippen molar-refractivity contribution in [1.82, 2.24) is 14.7 Å². The summed E-state index contributed by atoms with van der Waals surface area (Å²) in [6, 6.07) is 4.04. The number of hydrogen-bond donors (Lipinski definition) is 2. The van der Waals surface area contributed by atoms with E-state index in [1.54, 1.807) is 25.1 Å². The molecule has 3 fully saturated rings. The van der Waals surface area contributed by atoms with Crippen molar-refractivity contribution in [1.29, 1.82) is 0 Å². The van der Waals surface area contributed by atoms with Crippen LogP contribution in [0, 0.1) is 16.7 Å². The molecular weight excluding hydrogens is 594 g/mol. The summed E-state index contributed by atoms with van der Waals surface area (Å²) in [7, 11) is 0. The number of carbonyl (C=O) groups is 2. The maximum Gasteiger partial charge on any atom is 0.433 e. The van der Waals surface area contributed by atoms with Crippen molar-refractivity contribution >= 4 is 35.1 Å². The highest BCUT2D eigenvalue weighted by Crippen LogP contribution is 2.57. The van der Waals surface area contributed by atoms with Gasteiger partial charge in [-0.1, -0.05) is 29.3 Å². The van der Waals surface area contributed by atoms with Gasteiger partial charge in [-0.05, 0) is 94.6 Å². The van der Waals surface area contributed by atoms with Crippen molar-refractivity contribution < 1.29 is 33.0 Å². The molecule has 1 aromatic heterocycles. The summed E-state index contributed by atoms with van der Waals surface area (Å²) in [5, 5.41) is 25.1. The van der Waals surface area contributed by atoms with E-state index in [9.17, 15) is 33.0 Å². The van der Waals surface area contributed by atoms with E-state index < -0.39 is 46.9 Å². The summed E-state index contributed by atoms with van der Waals surface area (Å²) in [5.41, 5.74) is -2.12. The van der Waals surface area contributed by atoms with Crippen LogP contribution in [-0.2, 0) is 11.0 Å². The lowest BCUT2D eigenvalue weighted by Crippen LogP contribution is -2.40. The van der Waals surface area contributed by atoms with Gasteiger partial charge in [0.25, 0.3) is 5.91 Å². The Bertz CT molecular complexity index is 1310. The van der Waals surface area contributed by atoms with Crippen molar-refractivity contribution in [3.05, 3.63) is 51.3 Å². The Kier molecular flexibility index (Phi) is 8.64. The second kappa shape index (κ2) is 11.7. The first-order valence-electron chi connectivity index (χ1n) is 14.5. The average Bonchev–Trinajstić information content (AvgIpc) is 3.52. The van der Waals surface area contributed by atoms with Gasteiger partial charge >= 0.3 is 12.1 Å². The summed E-state index contributed by atoms with van der Waals surface area (Å²) in [5.74, 6) is -1.75. The second-order valence-electron chi connectivity index (χ2n) is 12.8. The predicted octanol–water partition coefficient (Wildman–Crippen LogP) is 7.56. The highest BCUT2D eigenvalue weighted by molar-refractivity contribution is 6.36. The molecule has 1 unspecified atom stereocenters. The molecule has 2 aromatic rings. The van der Waals surface area contributed by atoms with Gasteiger partial charge in [0.15, 0.2) is 5.69 Å². The van der Waals surface area contributed by atoms with Gasteiger partial charge in [0.1, 0.15) is 0 Å². The van der Waals surface area contributed by atoms with Crippen LogP contribution in [0.25, 0.3) is 0 Å². The number of aliphatic hydroxyl groups is 1. The smallest absolute Gasteiger partial charge is 0.433 e. The Morgan fingerprint density at radius 3 is 2.19 bits per heavy atom. The second-order valence-corrected chi connectivity index (χ2v) is 13.6. The Hall–Kier alpha value is -2.30. The highest BCUT2D eigenvalue weighted by atomic mass is 35.5. The molecule has 42 heavy (non-hydrogen) atoms. The number of alkyl halides is 3. The number of carbonyl (C=O) groups excluding carboxylic acids is 1. The summed E-state index contributed by atoms with van der Waals surface area (Å²) < 4.78 is 44.6. The Morgan fingerprint density at radius 1 is 1.07 bits per heavy atom. The Labute approximate surface area is 253 Å². The van der Waals surface area contributed by atoms with E-state index in [1.807, 2.05) is 0 Å². The lowest BCUT2D eigenvalue weighted by molar-refractivity contribution is -0.152. The molecule has 3 aliphatic rings. The van der Waals surface area contributed by atoms with E-state index in [1.165, 1.54) is 17.7 Å². The number of carboxylic acid groups (broad SMARTS) is 1. The van der Waals surface area contributed by atoms with E-state index in [0.29, 0.717) is 5.41 Å². The van der Waals surface area contributed by atoms with E-state index in [4.69, 9.17) is 23.2 Å². The van der Waals surface area contributed by atoms with Crippen molar-refractivity contribution in [2.75, 3.05) is 13.1 Å². The maximum atomic E-state index is 14.6. The van der Waals surface area contributed by atoms with Gasteiger partial charge in [-0.3, -0.25) is 14.3 Å². The highest BCUT2D eigenvalue weighted by Gasteiger charge is 2.47. The molecule has 1 heterocycles. The third kappa shape index (κ3) is 6.31. The zero-order valence-electron chi connectivity index (χ0n) is 23.5. The van der Waals surface area contributed by atoms with E-state index in [2.05, 4.69) is 5.10 Å². The molecule has 3 saturated carbocycles. The minimum absolute atomic E-state index is 0.0884. The van der Waals surface area contributed by atoms with Crippen molar-refractivity contribution in [3.8, 4) is 0 Å². The molecule has 7 nitrogen and oxygen atoms in total. The minimum atomic E-state index is -4.88. The first kappa shape index (κ1) is 31.1. The zero-order chi connectivity index (χ0) is 30.4. The van der Waals surface area contributed by atoms with Crippen molar-refractivity contribution in [2.45, 2.75) is 89.5 Å². The summed E-state index contributed by atoms with van der Waals surface area (Å²) in [6.07, 6.45) is 1.74. The van der Waals surface area contributed by atoms with Gasteiger partial charge in [-0.2, -0.15) is 18.3 Å². The van der Waals surface area contributed by atoms with Gasteiger partial charge in [0.05, 0.1) is 35.9 Å². The molecule has 12 heteroatoms. The van der Waals surface area contributed by atoms with Crippen LogP contribution in [-0.4, -0.2) is 49.9 Å². The molecule has 1 atom stereocenters. The SMILES string of the molecule is CC1(C(=O)O)CCC(n2ncc(C(=O)N(CC3CCC4(CC3)CC4)CC(O)c3c(Cl)cccc3Cl)c2C(F)(F)F)CC1. The molecule has 0 aliphatic heterocycles. The number of nitrogens with zero attached hydrogens (tertiary/aromatic N) is 3. The molecule has 1 aromatic carbocycles. The normalized spacial score (nSPS) is 24.9. The summed E-state index contributed by atoms with van der Waals surface area (Å²) in [4.78, 5) is 26.9. The Morgan fingerprint density at radius 2 is 1.67 bits per heavy atom. The molecule has 3 aliphatic carbocycles. The lowest BCUT2D eigenvalue weighted by atomic mass is 9.74. The van der Waals surface area contributed by atoms with Gasteiger partial charge in [0.2, 0.25) is 0 Å². The fraction of sp³-hybridized carbons (Fsp3) is 0.633. The predicted molar refractivity (Wildman–Crippen MR) is 151 cm³/mol. The minimum Gasteiger partial charge on any atom is -0.481 e. The first-order valence-corrected chi connectivity index (χ1v) is 15.3. The van der Waals surface area contributed by atoms with E-state index >= 15 is 0 Å². The van der Waals surface area contributed by atoms with Crippen LogP contribution in [0.2, 0.25) is 10.0 Å². The van der Waals surface area contributed by atoms with Crippen LogP contribution in [0.5, 0.6) is 0 Å². The lowest BCUT2D eigenvalue weighted by Gasteiger charge is -2.35. The fourth-order valence-corrected chi connectivity index (χ4v) is 7.43. The number of hydrogen-bond acceptors (Lipinski definition) is 4. The molecule has 1 spiro atoms. The van der Waals surface area contributed by atoms with Crippen LogP contribution >= 0.6 is 23.2 Å². The van der Waals surface area contributed by atoms with Crippen LogP contribution < -0.4 is 0 Å². The largest absolute Gasteiger partial charge is 0.481 e. The maximum absolute atomic E-state index is 14.6.